The number of hydrogen-bond acceptors (Lipinski definition) is 3. The van der Waals surface area contributed by atoms with Crippen LogP contribution in [0.4, 0.5) is 4.39 Å². The second kappa shape index (κ2) is 10.8. The quantitative estimate of drug-likeness (QED) is 0.558. The lowest BCUT2D eigenvalue weighted by Crippen LogP contribution is -2.35. The Morgan fingerprint density at radius 1 is 0.848 bits per heavy atom. The van der Waals surface area contributed by atoms with Gasteiger partial charge in [-0.15, -0.1) is 0 Å². The number of hydrogen-bond donors (Lipinski definition) is 1. The van der Waals surface area contributed by atoms with Crippen LogP contribution in [-0.4, -0.2) is 29.8 Å². The number of para-hydroxylation sites is 1. The van der Waals surface area contributed by atoms with Gasteiger partial charge in [-0.3, -0.25) is 9.59 Å². The molecule has 0 radical (unpaired) electrons. The molecule has 0 spiro atoms. The Morgan fingerprint density at radius 3 is 2.24 bits per heavy atom. The van der Waals surface area contributed by atoms with Crippen molar-refractivity contribution in [3.63, 3.8) is 0 Å². The smallest absolute Gasteiger partial charge is 0.255 e. The number of halogens is 1. The topological polar surface area (TPSA) is 58.6 Å². The molecule has 2 amide bonds. The van der Waals surface area contributed by atoms with Crippen LogP contribution < -0.4 is 10.1 Å². The van der Waals surface area contributed by atoms with Gasteiger partial charge in [0, 0.05) is 25.2 Å². The molecule has 0 atom stereocenters. The molecule has 1 N–H and O–H groups in total. The molecular formula is C27H27FN2O3. The number of nitrogens with zero attached hydrogens (tertiary/aromatic N) is 1. The molecular weight excluding hydrogens is 419 g/mol. The maximum atomic E-state index is 13.1. The average molecular weight is 447 g/mol. The molecule has 6 heteroatoms. The Bertz CT molecular complexity index is 1090. The van der Waals surface area contributed by atoms with E-state index in [0.29, 0.717) is 23.4 Å². The summed E-state index contributed by atoms with van der Waals surface area (Å²) in [4.78, 5) is 27.3. The third-order valence-corrected chi connectivity index (χ3v) is 5.74. The number of ether oxygens (including phenoxy) is 1. The van der Waals surface area contributed by atoms with Crippen LogP contribution in [0.25, 0.3) is 0 Å². The molecule has 1 fully saturated rings. The van der Waals surface area contributed by atoms with Gasteiger partial charge in [0.05, 0.1) is 5.56 Å². The number of carbonyl (C=O) groups excluding carboxylic acids is 2. The van der Waals surface area contributed by atoms with Crippen LogP contribution >= 0.6 is 0 Å². The van der Waals surface area contributed by atoms with Crippen molar-refractivity contribution in [3.8, 4) is 5.75 Å². The van der Waals surface area contributed by atoms with Crippen LogP contribution in [0.2, 0.25) is 0 Å². The van der Waals surface area contributed by atoms with Crippen LogP contribution in [0.5, 0.6) is 5.75 Å². The summed E-state index contributed by atoms with van der Waals surface area (Å²) >= 11 is 0. The van der Waals surface area contributed by atoms with Crippen molar-refractivity contribution in [2.75, 3.05) is 13.1 Å². The lowest BCUT2D eigenvalue weighted by atomic mass is 10.1. The van der Waals surface area contributed by atoms with Gasteiger partial charge in [-0.05, 0) is 66.8 Å². The molecule has 1 aliphatic heterocycles. The minimum atomic E-state index is -0.303. The normalized spacial score (nSPS) is 13.4. The van der Waals surface area contributed by atoms with Gasteiger partial charge in [-0.2, -0.15) is 0 Å². The fourth-order valence-electron chi connectivity index (χ4n) is 3.84. The SMILES string of the molecule is O=C(NCc1ccc(C(=O)N2CCCCC2)cc1)c1ccccc1OCc1ccc(F)cc1. The first-order valence-electron chi connectivity index (χ1n) is 11.2. The number of carbonyl (C=O) groups is 2. The van der Waals surface area contributed by atoms with Crippen LogP contribution in [0, 0.1) is 5.82 Å². The third kappa shape index (κ3) is 5.98. The largest absolute Gasteiger partial charge is 0.488 e. The number of rotatable bonds is 7. The summed E-state index contributed by atoms with van der Waals surface area (Å²) < 4.78 is 18.9. The van der Waals surface area contributed by atoms with E-state index in [1.165, 1.54) is 18.6 Å². The zero-order chi connectivity index (χ0) is 23.0. The van der Waals surface area contributed by atoms with Crippen molar-refractivity contribution in [1.82, 2.24) is 10.2 Å². The number of amides is 2. The highest BCUT2D eigenvalue weighted by atomic mass is 19.1. The molecule has 1 saturated heterocycles. The summed E-state index contributed by atoms with van der Waals surface area (Å²) in [5.74, 6) is -0.0279. The van der Waals surface area contributed by atoms with E-state index in [-0.39, 0.29) is 24.2 Å². The Kier molecular flexibility index (Phi) is 7.35. The Morgan fingerprint density at radius 2 is 1.52 bits per heavy atom. The minimum absolute atomic E-state index is 0.0671. The van der Waals surface area contributed by atoms with E-state index in [0.717, 1.165) is 37.1 Å². The zero-order valence-electron chi connectivity index (χ0n) is 18.4. The first-order valence-corrected chi connectivity index (χ1v) is 11.2. The monoisotopic (exact) mass is 446 g/mol. The predicted octanol–water partition coefficient (Wildman–Crippen LogP) is 4.96. The van der Waals surface area contributed by atoms with Gasteiger partial charge in [0.2, 0.25) is 0 Å². The van der Waals surface area contributed by atoms with Crippen molar-refractivity contribution >= 4 is 11.8 Å². The number of benzene rings is 3. The summed E-state index contributed by atoms with van der Waals surface area (Å²) in [6.45, 7) is 2.21. The number of nitrogens with one attached hydrogen (secondary N) is 1. The van der Waals surface area contributed by atoms with Gasteiger partial charge >= 0.3 is 0 Å². The second-order valence-electron chi connectivity index (χ2n) is 8.14. The maximum absolute atomic E-state index is 13.1. The van der Waals surface area contributed by atoms with E-state index < -0.39 is 0 Å². The van der Waals surface area contributed by atoms with E-state index in [2.05, 4.69) is 5.32 Å². The Labute approximate surface area is 193 Å². The molecule has 1 heterocycles. The third-order valence-electron chi connectivity index (χ3n) is 5.74. The fourth-order valence-corrected chi connectivity index (χ4v) is 3.84. The van der Waals surface area contributed by atoms with Gasteiger partial charge in [-0.1, -0.05) is 36.4 Å². The maximum Gasteiger partial charge on any atom is 0.255 e. The molecule has 0 aromatic heterocycles. The van der Waals surface area contributed by atoms with Gasteiger partial charge < -0.3 is 15.0 Å². The summed E-state index contributed by atoms with van der Waals surface area (Å²) in [5.41, 5.74) is 2.82. The molecule has 0 aliphatic carbocycles. The van der Waals surface area contributed by atoms with Gasteiger partial charge in [0.25, 0.3) is 11.8 Å². The van der Waals surface area contributed by atoms with Crippen molar-refractivity contribution in [2.24, 2.45) is 0 Å². The molecule has 170 valence electrons. The lowest BCUT2D eigenvalue weighted by Gasteiger charge is -2.26. The highest BCUT2D eigenvalue weighted by Gasteiger charge is 2.18. The lowest BCUT2D eigenvalue weighted by molar-refractivity contribution is 0.0724. The molecule has 0 unspecified atom stereocenters. The van der Waals surface area contributed by atoms with Gasteiger partial charge in [-0.25, -0.2) is 4.39 Å². The molecule has 3 aromatic rings. The van der Waals surface area contributed by atoms with Crippen LogP contribution in [0.15, 0.2) is 72.8 Å². The molecule has 33 heavy (non-hydrogen) atoms. The minimum Gasteiger partial charge on any atom is -0.488 e. The zero-order valence-corrected chi connectivity index (χ0v) is 18.4. The molecule has 4 rings (SSSR count). The number of likely N-dealkylation sites (tertiary alicyclic amines) is 1. The van der Waals surface area contributed by atoms with Crippen LogP contribution in [-0.2, 0) is 13.2 Å². The van der Waals surface area contributed by atoms with Gasteiger partial charge in [0.15, 0.2) is 0 Å². The van der Waals surface area contributed by atoms with Crippen molar-refractivity contribution in [2.45, 2.75) is 32.4 Å². The van der Waals surface area contributed by atoms with E-state index in [1.54, 1.807) is 36.4 Å². The highest BCUT2D eigenvalue weighted by molar-refractivity contribution is 5.97. The molecule has 3 aromatic carbocycles. The Balaban J connectivity index is 1.34. The predicted molar refractivity (Wildman–Crippen MR) is 125 cm³/mol. The van der Waals surface area contributed by atoms with E-state index in [9.17, 15) is 14.0 Å². The second-order valence-corrected chi connectivity index (χ2v) is 8.14. The molecule has 0 bridgehead atoms. The Hall–Kier alpha value is -3.67. The molecule has 5 nitrogen and oxygen atoms in total. The van der Waals surface area contributed by atoms with Crippen molar-refractivity contribution in [1.29, 1.82) is 0 Å². The average Bonchev–Trinajstić information content (AvgIpc) is 2.87. The summed E-state index contributed by atoms with van der Waals surface area (Å²) in [6.07, 6.45) is 3.30. The van der Waals surface area contributed by atoms with Crippen LogP contribution in [0.1, 0.15) is 51.1 Å². The summed E-state index contributed by atoms with van der Waals surface area (Å²) in [6, 6.07) is 20.4. The van der Waals surface area contributed by atoms with Gasteiger partial charge in [0.1, 0.15) is 18.2 Å². The fraction of sp³-hybridized carbons (Fsp3) is 0.259. The van der Waals surface area contributed by atoms with E-state index >= 15 is 0 Å². The van der Waals surface area contributed by atoms with Crippen molar-refractivity contribution < 1.29 is 18.7 Å². The molecule has 1 aliphatic rings. The summed E-state index contributed by atoms with van der Waals surface area (Å²) in [5, 5.41) is 2.91. The first kappa shape index (κ1) is 22.5. The van der Waals surface area contributed by atoms with Crippen LogP contribution in [0.3, 0.4) is 0 Å². The first-order chi connectivity index (χ1) is 16.1. The van der Waals surface area contributed by atoms with E-state index in [4.69, 9.17) is 4.74 Å². The van der Waals surface area contributed by atoms with E-state index in [1.807, 2.05) is 29.2 Å². The summed E-state index contributed by atoms with van der Waals surface area (Å²) in [7, 11) is 0. The highest BCUT2D eigenvalue weighted by Crippen LogP contribution is 2.20. The number of piperidine rings is 1. The standard InChI is InChI=1S/C27H27FN2O3/c28-23-14-10-21(11-15-23)19-33-25-7-3-2-6-24(25)26(31)29-18-20-8-12-22(13-9-20)27(32)30-16-4-1-5-17-30/h2-3,6-15H,1,4-5,16-19H2,(H,29,31). The van der Waals surface area contributed by atoms with Crippen molar-refractivity contribution in [3.05, 3.63) is 101 Å². The molecule has 0 saturated carbocycles.